The summed E-state index contributed by atoms with van der Waals surface area (Å²) in [5, 5.41) is 17.9. The molecular formula is C18H35ClN4O4. The second-order valence-electron chi connectivity index (χ2n) is 7.38. The van der Waals surface area contributed by atoms with E-state index >= 15 is 0 Å². The number of rotatable bonds is 4. The molecular weight excluding hydrogens is 372 g/mol. The Morgan fingerprint density at radius 1 is 1.15 bits per heavy atom. The molecule has 1 aliphatic heterocycles. The molecule has 1 heterocycles. The third-order valence-electron chi connectivity index (χ3n) is 4.84. The highest BCUT2D eigenvalue weighted by molar-refractivity contribution is 5.91. The minimum absolute atomic E-state index is 0. The first-order valence-electron chi connectivity index (χ1n) is 9.57. The molecule has 1 aliphatic rings. The van der Waals surface area contributed by atoms with E-state index in [-0.39, 0.29) is 30.1 Å². The lowest BCUT2D eigenvalue weighted by Gasteiger charge is -2.28. The summed E-state index contributed by atoms with van der Waals surface area (Å²) in [5.74, 6) is -2.09. The molecule has 0 aromatic heterocycles. The molecule has 0 aliphatic carbocycles. The average Bonchev–Trinajstić information content (AvgIpc) is 2.63. The van der Waals surface area contributed by atoms with Crippen LogP contribution < -0.4 is 21.4 Å². The predicted octanol–water partition coefficient (Wildman–Crippen LogP) is 0.977. The first kappa shape index (κ1) is 25.6. The number of hydrogen-bond donors (Lipinski definition) is 5. The van der Waals surface area contributed by atoms with Gasteiger partial charge < -0.3 is 16.0 Å². The Hall–Kier alpha value is -1.38. The monoisotopic (exact) mass is 406 g/mol. The minimum atomic E-state index is -0.629. The summed E-state index contributed by atoms with van der Waals surface area (Å²) in [4.78, 5) is 37.3. The SMILES string of the molecule is CNC(=O)[C@@H]1CCCCNCCC[C@H](C(=O)NO)[C@@H](CC(C)C)C(=O)N1.Cl. The Kier molecular flexibility index (Phi) is 13.0. The molecule has 0 spiro atoms. The third-order valence-corrected chi connectivity index (χ3v) is 4.84. The van der Waals surface area contributed by atoms with Crippen molar-refractivity contribution in [2.24, 2.45) is 17.8 Å². The molecule has 8 nitrogen and oxygen atoms in total. The van der Waals surface area contributed by atoms with Crippen LogP contribution in [0.25, 0.3) is 0 Å². The Labute approximate surface area is 168 Å². The van der Waals surface area contributed by atoms with E-state index in [1.807, 2.05) is 13.8 Å². The van der Waals surface area contributed by atoms with E-state index in [0.29, 0.717) is 19.3 Å². The van der Waals surface area contributed by atoms with E-state index in [1.54, 1.807) is 12.5 Å². The van der Waals surface area contributed by atoms with Crippen molar-refractivity contribution in [3.63, 3.8) is 0 Å². The number of carbonyl (C=O) groups is 3. The fourth-order valence-corrected chi connectivity index (χ4v) is 3.45. The number of carbonyl (C=O) groups excluding carboxylic acids is 3. The second kappa shape index (κ2) is 13.7. The molecule has 0 aromatic rings. The minimum Gasteiger partial charge on any atom is -0.357 e. The van der Waals surface area contributed by atoms with Gasteiger partial charge in [0.1, 0.15) is 6.04 Å². The summed E-state index contributed by atoms with van der Waals surface area (Å²) in [6.07, 6.45) is 4.03. The first-order valence-corrected chi connectivity index (χ1v) is 9.57. The molecule has 0 radical (unpaired) electrons. The quantitative estimate of drug-likeness (QED) is 0.352. The maximum Gasteiger partial charge on any atom is 0.247 e. The van der Waals surface area contributed by atoms with Crippen LogP contribution in [0.1, 0.15) is 52.4 Å². The van der Waals surface area contributed by atoms with Crippen molar-refractivity contribution in [1.82, 2.24) is 21.4 Å². The van der Waals surface area contributed by atoms with Gasteiger partial charge in [-0.2, -0.15) is 0 Å². The molecule has 0 saturated carbocycles. The standard InChI is InChI=1S/C18H34N4O4.ClH/c1-12(2)11-14-13(17(24)22-26)7-6-10-20-9-5-4-8-15(18(25)19-3)21-16(14)23;/h12-15,20,26H,4-11H2,1-3H3,(H,19,25)(H,21,23)(H,22,24);1H/t13-,14+,15-;/m0./s1. The van der Waals surface area contributed by atoms with Crippen LogP contribution >= 0.6 is 12.4 Å². The Morgan fingerprint density at radius 3 is 2.41 bits per heavy atom. The number of nitrogens with one attached hydrogen (secondary N) is 4. The van der Waals surface area contributed by atoms with Gasteiger partial charge in [0.25, 0.3) is 0 Å². The van der Waals surface area contributed by atoms with Gasteiger partial charge in [-0.3, -0.25) is 19.6 Å². The van der Waals surface area contributed by atoms with Gasteiger partial charge >= 0.3 is 0 Å². The van der Waals surface area contributed by atoms with Crippen molar-refractivity contribution >= 4 is 30.1 Å². The van der Waals surface area contributed by atoms with Crippen LogP contribution in [0.2, 0.25) is 0 Å². The molecule has 158 valence electrons. The molecule has 0 aromatic carbocycles. The third kappa shape index (κ3) is 8.90. The van der Waals surface area contributed by atoms with Crippen LogP contribution in [-0.2, 0) is 14.4 Å². The largest absolute Gasteiger partial charge is 0.357 e. The van der Waals surface area contributed by atoms with Crippen molar-refractivity contribution in [2.45, 2.75) is 58.4 Å². The zero-order chi connectivity index (χ0) is 19.5. The summed E-state index contributed by atoms with van der Waals surface area (Å²) >= 11 is 0. The average molecular weight is 407 g/mol. The Morgan fingerprint density at radius 2 is 1.81 bits per heavy atom. The fourth-order valence-electron chi connectivity index (χ4n) is 3.45. The number of amides is 3. The van der Waals surface area contributed by atoms with Crippen molar-refractivity contribution in [3.05, 3.63) is 0 Å². The highest BCUT2D eigenvalue weighted by atomic mass is 35.5. The highest BCUT2D eigenvalue weighted by Crippen LogP contribution is 2.26. The Balaban J connectivity index is 0.00000676. The smallest absolute Gasteiger partial charge is 0.247 e. The zero-order valence-corrected chi connectivity index (χ0v) is 17.4. The zero-order valence-electron chi connectivity index (χ0n) is 16.5. The molecule has 1 saturated heterocycles. The first-order chi connectivity index (χ1) is 12.4. The molecule has 9 heteroatoms. The van der Waals surface area contributed by atoms with Crippen molar-refractivity contribution in [1.29, 1.82) is 0 Å². The van der Waals surface area contributed by atoms with Crippen LogP contribution in [0.15, 0.2) is 0 Å². The summed E-state index contributed by atoms with van der Waals surface area (Å²) in [6, 6.07) is -0.610. The number of likely N-dealkylation sites (N-methyl/N-ethyl adjacent to an activating group) is 1. The van der Waals surface area contributed by atoms with Crippen molar-refractivity contribution in [3.8, 4) is 0 Å². The van der Waals surface area contributed by atoms with E-state index in [1.165, 1.54) is 0 Å². The molecule has 1 rings (SSSR count). The van der Waals surface area contributed by atoms with Crippen LogP contribution in [0.4, 0.5) is 0 Å². The van der Waals surface area contributed by atoms with Gasteiger partial charge in [0, 0.05) is 13.0 Å². The van der Waals surface area contributed by atoms with Gasteiger partial charge in [-0.25, -0.2) is 5.48 Å². The maximum atomic E-state index is 12.9. The highest BCUT2D eigenvalue weighted by Gasteiger charge is 2.35. The van der Waals surface area contributed by atoms with Crippen LogP contribution in [0.5, 0.6) is 0 Å². The molecule has 1 fully saturated rings. The van der Waals surface area contributed by atoms with Crippen molar-refractivity contribution < 1.29 is 19.6 Å². The second-order valence-corrected chi connectivity index (χ2v) is 7.38. The van der Waals surface area contributed by atoms with Gasteiger partial charge in [0.2, 0.25) is 17.7 Å². The van der Waals surface area contributed by atoms with Gasteiger partial charge in [0.15, 0.2) is 0 Å². The van der Waals surface area contributed by atoms with E-state index in [9.17, 15) is 14.4 Å². The van der Waals surface area contributed by atoms with Gasteiger partial charge in [-0.1, -0.05) is 13.8 Å². The van der Waals surface area contributed by atoms with Crippen LogP contribution in [0, 0.1) is 17.8 Å². The molecule has 27 heavy (non-hydrogen) atoms. The number of halogens is 1. The molecule has 3 atom stereocenters. The normalized spacial score (nSPS) is 25.1. The Bertz CT molecular complexity index is 476. The van der Waals surface area contributed by atoms with E-state index in [2.05, 4.69) is 16.0 Å². The van der Waals surface area contributed by atoms with Crippen molar-refractivity contribution in [2.75, 3.05) is 20.1 Å². The summed E-state index contributed by atoms with van der Waals surface area (Å²) in [7, 11) is 1.55. The summed E-state index contributed by atoms with van der Waals surface area (Å²) in [6.45, 7) is 5.56. The summed E-state index contributed by atoms with van der Waals surface area (Å²) in [5.41, 5.74) is 1.71. The van der Waals surface area contributed by atoms with Crippen LogP contribution in [-0.4, -0.2) is 49.1 Å². The lowest BCUT2D eigenvalue weighted by atomic mass is 9.81. The van der Waals surface area contributed by atoms with E-state index in [4.69, 9.17) is 5.21 Å². The number of hydrogen-bond acceptors (Lipinski definition) is 5. The van der Waals surface area contributed by atoms with Gasteiger partial charge in [-0.05, 0) is 57.5 Å². The summed E-state index contributed by atoms with van der Waals surface area (Å²) < 4.78 is 0. The van der Waals surface area contributed by atoms with Gasteiger partial charge in [0.05, 0.1) is 5.92 Å². The number of hydroxylamine groups is 1. The maximum absolute atomic E-state index is 12.9. The molecule has 5 N–H and O–H groups in total. The molecule has 0 bridgehead atoms. The predicted molar refractivity (Wildman–Crippen MR) is 106 cm³/mol. The molecule has 0 unspecified atom stereocenters. The topological polar surface area (TPSA) is 120 Å². The van der Waals surface area contributed by atoms with Gasteiger partial charge in [-0.15, -0.1) is 12.4 Å². The van der Waals surface area contributed by atoms with E-state index in [0.717, 1.165) is 32.4 Å². The fraction of sp³-hybridized carbons (Fsp3) is 0.833. The molecule has 3 amide bonds. The lowest BCUT2D eigenvalue weighted by molar-refractivity contribution is -0.142. The van der Waals surface area contributed by atoms with Crippen LogP contribution in [0.3, 0.4) is 0 Å². The van der Waals surface area contributed by atoms with E-state index < -0.39 is 23.8 Å². The lowest BCUT2D eigenvalue weighted by Crippen LogP contribution is -2.50.